The van der Waals surface area contributed by atoms with Crippen molar-refractivity contribution in [3.05, 3.63) is 58.6 Å². The maximum absolute atomic E-state index is 12.2. The Balaban J connectivity index is 1.70. The number of aliphatic imine (C=N–C) groups is 1. The molecule has 0 saturated carbocycles. The van der Waals surface area contributed by atoms with Crippen molar-refractivity contribution >= 4 is 23.5 Å². The van der Waals surface area contributed by atoms with Gasteiger partial charge in [0.15, 0.2) is 5.96 Å². The van der Waals surface area contributed by atoms with Crippen LogP contribution >= 0.6 is 11.6 Å². The standard InChI is InChI=1S/C21H27ClN4O3/c1-23-21(25-10-9-15-7-8-18(29-3)14-19(15)22)26-12-11-24-20(27)16-5-4-6-17(13-16)28-2/h4-8,13-14H,9-12H2,1-3H3,(H,24,27)(H2,23,25,26). The molecule has 0 aliphatic rings. The zero-order chi connectivity index (χ0) is 21.1. The molecular formula is C21H27ClN4O3. The van der Waals surface area contributed by atoms with Gasteiger partial charge in [-0.3, -0.25) is 9.79 Å². The van der Waals surface area contributed by atoms with Crippen molar-refractivity contribution in [1.29, 1.82) is 0 Å². The number of methoxy groups -OCH3 is 2. The Labute approximate surface area is 176 Å². The van der Waals surface area contributed by atoms with E-state index >= 15 is 0 Å². The molecule has 0 aliphatic carbocycles. The average Bonchev–Trinajstić information content (AvgIpc) is 2.76. The molecule has 0 radical (unpaired) electrons. The fraction of sp³-hybridized carbons (Fsp3) is 0.333. The average molecular weight is 419 g/mol. The van der Waals surface area contributed by atoms with E-state index in [0.717, 1.165) is 17.7 Å². The Morgan fingerprint density at radius 2 is 1.66 bits per heavy atom. The van der Waals surface area contributed by atoms with E-state index in [9.17, 15) is 4.79 Å². The van der Waals surface area contributed by atoms with Gasteiger partial charge in [0.25, 0.3) is 5.91 Å². The minimum absolute atomic E-state index is 0.150. The zero-order valence-corrected chi connectivity index (χ0v) is 17.7. The van der Waals surface area contributed by atoms with E-state index in [1.807, 2.05) is 12.1 Å². The second kappa shape index (κ2) is 11.8. The highest BCUT2D eigenvalue weighted by molar-refractivity contribution is 6.31. The molecule has 0 bridgehead atoms. The number of nitrogens with zero attached hydrogens (tertiary/aromatic N) is 1. The minimum atomic E-state index is -0.150. The third-order valence-corrected chi connectivity index (χ3v) is 4.56. The van der Waals surface area contributed by atoms with E-state index in [4.69, 9.17) is 21.1 Å². The Morgan fingerprint density at radius 3 is 2.34 bits per heavy atom. The van der Waals surface area contributed by atoms with Gasteiger partial charge in [-0.1, -0.05) is 23.7 Å². The number of guanidine groups is 1. The molecular weight excluding hydrogens is 392 g/mol. The van der Waals surface area contributed by atoms with Gasteiger partial charge in [-0.05, 0) is 42.3 Å². The van der Waals surface area contributed by atoms with E-state index in [1.54, 1.807) is 51.6 Å². The summed E-state index contributed by atoms with van der Waals surface area (Å²) in [4.78, 5) is 16.4. The molecule has 0 heterocycles. The van der Waals surface area contributed by atoms with Gasteiger partial charge in [0, 0.05) is 37.3 Å². The van der Waals surface area contributed by atoms with Gasteiger partial charge < -0.3 is 25.4 Å². The highest BCUT2D eigenvalue weighted by Crippen LogP contribution is 2.22. The van der Waals surface area contributed by atoms with Crippen LogP contribution in [0.25, 0.3) is 0 Å². The maximum atomic E-state index is 12.2. The second-order valence-electron chi connectivity index (χ2n) is 6.12. The smallest absolute Gasteiger partial charge is 0.251 e. The van der Waals surface area contributed by atoms with Gasteiger partial charge in [-0.25, -0.2) is 0 Å². The first kappa shape index (κ1) is 22.4. The van der Waals surface area contributed by atoms with E-state index in [0.29, 0.717) is 41.9 Å². The molecule has 156 valence electrons. The van der Waals surface area contributed by atoms with Crippen LogP contribution < -0.4 is 25.4 Å². The number of hydrogen-bond donors (Lipinski definition) is 3. The molecule has 3 N–H and O–H groups in total. The monoisotopic (exact) mass is 418 g/mol. The quantitative estimate of drug-likeness (QED) is 0.331. The fourth-order valence-electron chi connectivity index (χ4n) is 2.62. The number of amides is 1. The van der Waals surface area contributed by atoms with E-state index in [1.165, 1.54) is 0 Å². The summed E-state index contributed by atoms with van der Waals surface area (Å²) in [6.45, 7) is 1.67. The van der Waals surface area contributed by atoms with Gasteiger partial charge >= 0.3 is 0 Å². The normalized spacial score (nSPS) is 11.0. The molecule has 0 fully saturated rings. The molecule has 0 spiro atoms. The number of benzene rings is 2. The van der Waals surface area contributed by atoms with Crippen molar-refractivity contribution in [2.24, 2.45) is 4.99 Å². The topological polar surface area (TPSA) is 84.0 Å². The largest absolute Gasteiger partial charge is 0.497 e. The van der Waals surface area contributed by atoms with Crippen LogP contribution in [0.5, 0.6) is 11.5 Å². The fourth-order valence-corrected chi connectivity index (χ4v) is 2.88. The van der Waals surface area contributed by atoms with Crippen molar-refractivity contribution in [2.75, 3.05) is 40.9 Å². The Morgan fingerprint density at radius 1 is 0.966 bits per heavy atom. The molecule has 7 nitrogen and oxygen atoms in total. The van der Waals surface area contributed by atoms with Gasteiger partial charge in [0.2, 0.25) is 0 Å². The summed E-state index contributed by atoms with van der Waals surface area (Å²) in [6.07, 6.45) is 0.746. The van der Waals surface area contributed by atoms with Crippen LogP contribution in [-0.2, 0) is 6.42 Å². The van der Waals surface area contributed by atoms with Gasteiger partial charge in [-0.15, -0.1) is 0 Å². The summed E-state index contributed by atoms with van der Waals surface area (Å²) in [7, 11) is 4.88. The molecule has 0 aromatic heterocycles. The summed E-state index contributed by atoms with van der Waals surface area (Å²) in [5.41, 5.74) is 1.59. The first-order valence-electron chi connectivity index (χ1n) is 9.26. The molecule has 0 atom stereocenters. The number of halogens is 1. The Hall–Kier alpha value is -2.93. The van der Waals surface area contributed by atoms with E-state index in [2.05, 4.69) is 20.9 Å². The molecule has 2 aromatic carbocycles. The zero-order valence-electron chi connectivity index (χ0n) is 16.9. The summed E-state index contributed by atoms with van der Waals surface area (Å²) in [6, 6.07) is 12.7. The number of hydrogen-bond acceptors (Lipinski definition) is 4. The van der Waals surface area contributed by atoms with Crippen LogP contribution in [0.15, 0.2) is 47.5 Å². The van der Waals surface area contributed by atoms with Crippen molar-refractivity contribution < 1.29 is 14.3 Å². The predicted molar refractivity (Wildman–Crippen MR) is 116 cm³/mol. The molecule has 8 heteroatoms. The van der Waals surface area contributed by atoms with Crippen LogP contribution in [0, 0.1) is 0 Å². The molecule has 2 rings (SSSR count). The maximum Gasteiger partial charge on any atom is 0.251 e. The minimum Gasteiger partial charge on any atom is -0.497 e. The lowest BCUT2D eigenvalue weighted by molar-refractivity contribution is 0.0954. The number of nitrogens with one attached hydrogen (secondary N) is 3. The van der Waals surface area contributed by atoms with Crippen molar-refractivity contribution in [2.45, 2.75) is 6.42 Å². The number of rotatable bonds is 9. The second-order valence-corrected chi connectivity index (χ2v) is 6.53. The lowest BCUT2D eigenvalue weighted by atomic mass is 10.1. The summed E-state index contributed by atoms with van der Waals surface area (Å²) in [5.74, 6) is 1.89. The van der Waals surface area contributed by atoms with Crippen LogP contribution in [0.3, 0.4) is 0 Å². The van der Waals surface area contributed by atoms with Gasteiger partial charge in [-0.2, -0.15) is 0 Å². The predicted octanol–water partition coefficient (Wildman–Crippen LogP) is 2.49. The van der Waals surface area contributed by atoms with E-state index < -0.39 is 0 Å². The first-order valence-corrected chi connectivity index (χ1v) is 9.64. The molecule has 0 saturated heterocycles. The number of carbonyl (C=O) groups is 1. The number of ether oxygens (including phenoxy) is 2. The first-order chi connectivity index (χ1) is 14.1. The summed E-state index contributed by atoms with van der Waals surface area (Å²) < 4.78 is 10.3. The third kappa shape index (κ3) is 7.19. The third-order valence-electron chi connectivity index (χ3n) is 4.21. The van der Waals surface area contributed by atoms with Crippen molar-refractivity contribution in [1.82, 2.24) is 16.0 Å². The molecule has 29 heavy (non-hydrogen) atoms. The summed E-state index contributed by atoms with van der Waals surface area (Å²) >= 11 is 6.26. The number of carbonyl (C=O) groups excluding carboxylic acids is 1. The van der Waals surface area contributed by atoms with E-state index in [-0.39, 0.29) is 5.91 Å². The lowest BCUT2D eigenvalue weighted by Gasteiger charge is -2.13. The van der Waals surface area contributed by atoms with Crippen molar-refractivity contribution in [3.63, 3.8) is 0 Å². The van der Waals surface area contributed by atoms with Crippen molar-refractivity contribution in [3.8, 4) is 11.5 Å². The van der Waals surface area contributed by atoms with Gasteiger partial charge in [0.05, 0.1) is 14.2 Å². The molecule has 0 aliphatic heterocycles. The lowest BCUT2D eigenvalue weighted by Crippen LogP contribution is -2.42. The van der Waals surface area contributed by atoms with Crippen LogP contribution in [0.2, 0.25) is 5.02 Å². The van der Waals surface area contributed by atoms with Crippen LogP contribution in [0.1, 0.15) is 15.9 Å². The Bertz CT molecular complexity index is 842. The van der Waals surface area contributed by atoms with Gasteiger partial charge in [0.1, 0.15) is 11.5 Å². The molecule has 1 amide bonds. The summed E-state index contributed by atoms with van der Waals surface area (Å²) in [5, 5.41) is 9.93. The Kier molecular flexibility index (Phi) is 9.11. The van der Waals surface area contributed by atoms with Crippen LogP contribution in [0.4, 0.5) is 0 Å². The van der Waals surface area contributed by atoms with Crippen LogP contribution in [-0.4, -0.2) is 52.8 Å². The molecule has 0 unspecified atom stereocenters. The SMILES string of the molecule is CN=C(NCCNC(=O)c1cccc(OC)c1)NCCc1ccc(OC)cc1Cl. The highest BCUT2D eigenvalue weighted by atomic mass is 35.5. The highest BCUT2D eigenvalue weighted by Gasteiger charge is 2.06. The molecule has 2 aromatic rings.